The fourth-order valence-electron chi connectivity index (χ4n) is 1.92. The Labute approximate surface area is 110 Å². The minimum absolute atomic E-state index is 0.258. The van der Waals surface area contributed by atoms with Crippen molar-refractivity contribution in [1.82, 2.24) is 4.57 Å². The second-order valence-corrected chi connectivity index (χ2v) is 4.63. The predicted octanol–water partition coefficient (Wildman–Crippen LogP) is 3.02. The summed E-state index contributed by atoms with van der Waals surface area (Å²) in [5.74, 6) is 1.43. The van der Waals surface area contributed by atoms with Crippen LogP contribution in [0.1, 0.15) is 5.56 Å². The molecular weight excluding hydrogens is 252 g/mol. The van der Waals surface area contributed by atoms with Gasteiger partial charge >= 0.3 is 0 Å². The van der Waals surface area contributed by atoms with Crippen molar-refractivity contribution in [2.75, 3.05) is 12.1 Å². The molecule has 0 unspecified atom stereocenters. The SMILES string of the molecule is Cn1ccc(CNc2cc3c(cc2Cl)OCO3)c1. The summed E-state index contributed by atoms with van der Waals surface area (Å²) >= 11 is 6.18. The van der Waals surface area contributed by atoms with Gasteiger partial charge in [0.25, 0.3) is 0 Å². The molecule has 3 rings (SSSR count). The Morgan fingerprint density at radius 1 is 1.33 bits per heavy atom. The van der Waals surface area contributed by atoms with E-state index < -0.39 is 0 Å². The Kier molecular flexibility index (Phi) is 2.80. The quantitative estimate of drug-likeness (QED) is 0.926. The Morgan fingerprint density at radius 2 is 2.11 bits per heavy atom. The first-order chi connectivity index (χ1) is 8.72. The lowest BCUT2D eigenvalue weighted by molar-refractivity contribution is 0.174. The van der Waals surface area contributed by atoms with Crippen LogP contribution >= 0.6 is 11.6 Å². The molecule has 0 radical (unpaired) electrons. The van der Waals surface area contributed by atoms with Gasteiger partial charge in [0, 0.05) is 38.1 Å². The molecule has 0 saturated heterocycles. The molecule has 0 atom stereocenters. The van der Waals surface area contributed by atoms with Gasteiger partial charge in [0.15, 0.2) is 11.5 Å². The van der Waals surface area contributed by atoms with Crippen molar-refractivity contribution in [1.29, 1.82) is 0 Å². The minimum atomic E-state index is 0.258. The predicted molar refractivity (Wildman–Crippen MR) is 70.3 cm³/mol. The molecule has 0 saturated carbocycles. The van der Waals surface area contributed by atoms with Crippen molar-refractivity contribution in [3.05, 3.63) is 41.2 Å². The zero-order valence-corrected chi connectivity index (χ0v) is 10.7. The molecule has 1 aliphatic rings. The van der Waals surface area contributed by atoms with E-state index in [0.29, 0.717) is 10.8 Å². The summed E-state index contributed by atoms with van der Waals surface area (Å²) in [7, 11) is 2.00. The van der Waals surface area contributed by atoms with Gasteiger partial charge in [-0.3, -0.25) is 0 Å². The monoisotopic (exact) mass is 264 g/mol. The lowest BCUT2D eigenvalue weighted by atomic mass is 10.2. The summed E-state index contributed by atoms with van der Waals surface area (Å²) in [5, 5.41) is 3.93. The number of hydrogen-bond acceptors (Lipinski definition) is 3. The van der Waals surface area contributed by atoms with E-state index in [1.165, 1.54) is 5.56 Å². The Hall–Kier alpha value is -1.81. The topological polar surface area (TPSA) is 35.4 Å². The van der Waals surface area contributed by atoms with Crippen molar-refractivity contribution < 1.29 is 9.47 Å². The molecule has 1 aliphatic heterocycles. The minimum Gasteiger partial charge on any atom is -0.454 e. The molecule has 0 aliphatic carbocycles. The maximum Gasteiger partial charge on any atom is 0.231 e. The van der Waals surface area contributed by atoms with E-state index >= 15 is 0 Å². The van der Waals surface area contributed by atoms with E-state index in [4.69, 9.17) is 21.1 Å². The summed E-state index contributed by atoms with van der Waals surface area (Å²) in [4.78, 5) is 0. The van der Waals surface area contributed by atoms with Crippen LogP contribution in [0.25, 0.3) is 0 Å². The number of aryl methyl sites for hydroxylation is 1. The normalized spacial score (nSPS) is 12.8. The van der Waals surface area contributed by atoms with Crippen LogP contribution in [0.15, 0.2) is 30.6 Å². The first kappa shape index (κ1) is 11.3. The van der Waals surface area contributed by atoms with Gasteiger partial charge in [-0.1, -0.05) is 11.6 Å². The van der Waals surface area contributed by atoms with E-state index in [1.54, 1.807) is 6.07 Å². The van der Waals surface area contributed by atoms with Crippen molar-refractivity contribution in [2.24, 2.45) is 7.05 Å². The van der Waals surface area contributed by atoms with Crippen LogP contribution in [0, 0.1) is 0 Å². The third-order valence-corrected chi connectivity index (χ3v) is 3.15. The molecule has 2 heterocycles. The molecule has 1 aromatic carbocycles. The van der Waals surface area contributed by atoms with E-state index in [1.807, 2.05) is 23.9 Å². The smallest absolute Gasteiger partial charge is 0.231 e. The lowest BCUT2D eigenvalue weighted by Crippen LogP contribution is -1.99. The van der Waals surface area contributed by atoms with Gasteiger partial charge in [-0.05, 0) is 11.6 Å². The van der Waals surface area contributed by atoms with Gasteiger partial charge in [0.1, 0.15) is 0 Å². The van der Waals surface area contributed by atoms with Gasteiger partial charge in [-0.2, -0.15) is 0 Å². The number of ether oxygens (including phenoxy) is 2. The number of rotatable bonds is 3. The van der Waals surface area contributed by atoms with Gasteiger partial charge < -0.3 is 19.4 Å². The summed E-state index contributed by atoms with van der Waals surface area (Å²) in [5.41, 5.74) is 2.05. The fraction of sp³-hybridized carbons (Fsp3) is 0.231. The largest absolute Gasteiger partial charge is 0.454 e. The molecule has 0 spiro atoms. The zero-order chi connectivity index (χ0) is 12.5. The Bertz CT molecular complexity index is 580. The van der Waals surface area contributed by atoms with Crippen LogP contribution in [0.5, 0.6) is 11.5 Å². The number of hydrogen-bond donors (Lipinski definition) is 1. The third-order valence-electron chi connectivity index (χ3n) is 2.84. The number of nitrogens with one attached hydrogen (secondary N) is 1. The summed E-state index contributed by atoms with van der Waals surface area (Å²) in [6.45, 7) is 0.980. The van der Waals surface area contributed by atoms with E-state index in [9.17, 15) is 0 Å². The van der Waals surface area contributed by atoms with E-state index in [-0.39, 0.29) is 6.79 Å². The van der Waals surface area contributed by atoms with Crippen LogP contribution in [0.2, 0.25) is 5.02 Å². The second-order valence-electron chi connectivity index (χ2n) is 4.22. The molecule has 1 N–H and O–H groups in total. The van der Waals surface area contributed by atoms with Crippen LogP contribution in [-0.2, 0) is 13.6 Å². The number of anilines is 1. The molecule has 18 heavy (non-hydrogen) atoms. The van der Waals surface area contributed by atoms with Crippen molar-refractivity contribution >= 4 is 17.3 Å². The number of fused-ring (bicyclic) bond motifs is 1. The molecule has 0 fully saturated rings. The highest BCUT2D eigenvalue weighted by molar-refractivity contribution is 6.33. The first-order valence-corrected chi connectivity index (χ1v) is 6.04. The standard InChI is InChI=1S/C13H13ClN2O2/c1-16-3-2-9(7-16)6-15-11-5-13-12(4-10(11)14)17-8-18-13/h2-5,7,15H,6,8H2,1H3. The average molecular weight is 265 g/mol. The third kappa shape index (κ3) is 2.11. The molecule has 4 nitrogen and oxygen atoms in total. The van der Waals surface area contributed by atoms with Crippen LogP contribution in [0.4, 0.5) is 5.69 Å². The van der Waals surface area contributed by atoms with Crippen molar-refractivity contribution in [3.63, 3.8) is 0 Å². The van der Waals surface area contributed by atoms with Crippen molar-refractivity contribution in [2.45, 2.75) is 6.54 Å². The first-order valence-electron chi connectivity index (χ1n) is 5.66. The number of aromatic nitrogens is 1. The fourth-order valence-corrected chi connectivity index (χ4v) is 2.14. The molecule has 5 heteroatoms. The van der Waals surface area contributed by atoms with Gasteiger partial charge in [0.05, 0.1) is 10.7 Å². The molecular formula is C13H13ClN2O2. The summed E-state index contributed by atoms with van der Waals surface area (Å²) in [6, 6.07) is 5.71. The maximum atomic E-state index is 6.18. The van der Waals surface area contributed by atoms with Crippen LogP contribution < -0.4 is 14.8 Å². The maximum absolute atomic E-state index is 6.18. The molecule has 1 aromatic heterocycles. The number of benzene rings is 1. The average Bonchev–Trinajstić information content (AvgIpc) is 2.94. The highest BCUT2D eigenvalue weighted by atomic mass is 35.5. The summed E-state index contributed by atoms with van der Waals surface area (Å²) < 4.78 is 12.6. The zero-order valence-electron chi connectivity index (χ0n) is 9.94. The Balaban J connectivity index is 1.76. The molecule has 0 amide bonds. The van der Waals surface area contributed by atoms with E-state index in [2.05, 4.69) is 17.6 Å². The highest BCUT2D eigenvalue weighted by Gasteiger charge is 2.16. The lowest BCUT2D eigenvalue weighted by Gasteiger charge is -2.08. The Morgan fingerprint density at radius 3 is 2.83 bits per heavy atom. The van der Waals surface area contributed by atoms with Crippen LogP contribution in [0.3, 0.4) is 0 Å². The second kappa shape index (κ2) is 4.46. The highest BCUT2D eigenvalue weighted by Crippen LogP contribution is 2.39. The van der Waals surface area contributed by atoms with Gasteiger partial charge in [-0.15, -0.1) is 0 Å². The number of nitrogens with zero attached hydrogens (tertiary/aromatic N) is 1. The molecule has 94 valence electrons. The van der Waals surface area contributed by atoms with Crippen LogP contribution in [-0.4, -0.2) is 11.4 Å². The van der Waals surface area contributed by atoms with Gasteiger partial charge in [-0.25, -0.2) is 0 Å². The van der Waals surface area contributed by atoms with Crippen molar-refractivity contribution in [3.8, 4) is 11.5 Å². The molecule has 0 bridgehead atoms. The number of halogens is 1. The molecule has 2 aromatic rings. The van der Waals surface area contributed by atoms with Gasteiger partial charge in [0.2, 0.25) is 6.79 Å². The summed E-state index contributed by atoms with van der Waals surface area (Å²) in [6.07, 6.45) is 4.08. The van der Waals surface area contributed by atoms with E-state index in [0.717, 1.165) is 18.0 Å².